The van der Waals surface area contributed by atoms with Gasteiger partial charge in [0.15, 0.2) is 0 Å². The fourth-order valence-corrected chi connectivity index (χ4v) is 5.53. The van der Waals surface area contributed by atoms with E-state index in [0.717, 1.165) is 36.8 Å². The van der Waals surface area contributed by atoms with Crippen LogP contribution in [0, 0.1) is 5.92 Å². The summed E-state index contributed by atoms with van der Waals surface area (Å²) in [6.45, 7) is 2.10. The maximum absolute atomic E-state index is 13.7. The molecule has 1 unspecified atom stereocenters. The molecule has 0 spiro atoms. The van der Waals surface area contributed by atoms with E-state index in [1.54, 1.807) is 4.90 Å². The van der Waals surface area contributed by atoms with E-state index in [2.05, 4.69) is 16.0 Å². The lowest BCUT2D eigenvalue weighted by atomic mass is 9.84. The highest BCUT2D eigenvalue weighted by Crippen LogP contribution is 2.27. The number of nitrogens with one attached hydrogen (secondary N) is 3. The molecule has 4 amide bonds. The molecule has 0 bridgehead atoms. The minimum absolute atomic E-state index is 0.181. The van der Waals surface area contributed by atoms with Gasteiger partial charge in [0.05, 0.1) is 26.4 Å². The summed E-state index contributed by atoms with van der Waals surface area (Å²) in [5.41, 5.74) is 1.94. The smallest absolute Gasteiger partial charge is 0.318 e. The van der Waals surface area contributed by atoms with Crippen molar-refractivity contribution in [3.63, 3.8) is 0 Å². The van der Waals surface area contributed by atoms with Gasteiger partial charge in [0.25, 0.3) is 5.91 Å². The van der Waals surface area contributed by atoms with Gasteiger partial charge in [-0.05, 0) is 29.9 Å². The molecule has 2 aliphatic rings. The van der Waals surface area contributed by atoms with E-state index in [0.29, 0.717) is 45.1 Å². The second kappa shape index (κ2) is 17.4. The van der Waals surface area contributed by atoms with Crippen LogP contribution in [0.1, 0.15) is 49.7 Å². The topological polar surface area (TPSA) is 126 Å². The van der Waals surface area contributed by atoms with E-state index >= 15 is 0 Å². The number of amides is 4. The summed E-state index contributed by atoms with van der Waals surface area (Å²) >= 11 is 0. The van der Waals surface area contributed by atoms with Crippen LogP contribution in [0.3, 0.4) is 0 Å². The standard InChI is InChI=1S/C33H44N4O6/c38-30(32(40)34-17-16-25-10-4-1-5-11-25)29(24-43-23-27-14-8-3-9-15-27)35-31(39)28(22-26-12-6-2-7-13-26)36-33(41)37-18-20-42-21-19-37/h1,3-5,8-11,14-15,26,28-29H,2,6-7,12-13,16-24H2,(H,34,40)(H,35,39)(H,36,41)/t28-,29?/m1/s1. The summed E-state index contributed by atoms with van der Waals surface area (Å²) in [5, 5.41) is 8.35. The third-order valence-corrected chi connectivity index (χ3v) is 8.00. The molecule has 10 heteroatoms. The highest BCUT2D eigenvalue weighted by molar-refractivity contribution is 6.38. The molecule has 0 radical (unpaired) electrons. The lowest BCUT2D eigenvalue weighted by Gasteiger charge is -2.31. The first-order valence-corrected chi connectivity index (χ1v) is 15.4. The van der Waals surface area contributed by atoms with Gasteiger partial charge in [0.1, 0.15) is 12.1 Å². The number of carbonyl (C=O) groups is 4. The van der Waals surface area contributed by atoms with E-state index in [9.17, 15) is 19.2 Å². The molecular formula is C33H44N4O6. The van der Waals surface area contributed by atoms with Crippen LogP contribution in [0.15, 0.2) is 60.7 Å². The van der Waals surface area contributed by atoms with E-state index in [1.165, 1.54) is 6.42 Å². The number of benzene rings is 2. The summed E-state index contributed by atoms with van der Waals surface area (Å²) in [7, 11) is 0. The third-order valence-electron chi connectivity index (χ3n) is 8.00. The largest absolute Gasteiger partial charge is 0.378 e. The lowest BCUT2D eigenvalue weighted by Crippen LogP contribution is -2.58. The number of hydrogen-bond acceptors (Lipinski definition) is 6. The number of ketones is 1. The summed E-state index contributed by atoms with van der Waals surface area (Å²) in [6, 6.07) is 16.7. The first-order chi connectivity index (χ1) is 21.0. The van der Waals surface area contributed by atoms with E-state index < -0.39 is 29.7 Å². The quantitative estimate of drug-likeness (QED) is 0.290. The van der Waals surface area contributed by atoms with Gasteiger partial charge in [-0.1, -0.05) is 92.8 Å². The first kappa shape index (κ1) is 32.2. The number of carbonyl (C=O) groups excluding carboxylic acids is 4. The minimum atomic E-state index is -1.21. The molecule has 1 saturated carbocycles. The van der Waals surface area contributed by atoms with Crippen molar-refractivity contribution in [3.05, 3.63) is 71.8 Å². The lowest BCUT2D eigenvalue weighted by molar-refractivity contribution is -0.141. The minimum Gasteiger partial charge on any atom is -0.378 e. The fourth-order valence-electron chi connectivity index (χ4n) is 5.53. The predicted molar refractivity (Wildman–Crippen MR) is 162 cm³/mol. The molecule has 1 saturated heterocycles. The Kier molecular flexibility index (Phi) is 13.0. The molecule has 232 valence electrons. The number of urea groups is 1. The molecule has 1 aliphatic heterocycles. The molecule has 2 atom stereocenters. The molecule has 1 aliphatic carbocycles. The van der Waals surface area contributed by atoms with Crippen molar-refractivity contribution in [2.45, 2.75) is 63.6 Å². The Morgan fingerprint density at radius 3 is 2.16 bits per heavy atom. The van der Waals surface area contributed by atoms with Gasteiger partial charge < -0.3 is 30.3 Å². The van der Waals surface area contributed by atoms with Gasteiger partial charge in [0.2, 0.25) is 11.7 Å². The van der Waals surface area contributed by atoms with Crippen molar-refractivity contribution < 1.29 is 28.7 Å². The average molecular weight is 593 g/mol. The zero-order valence-electron chi connectivity index (χ0n) is 24.8. The number of Topliss-reactive ketones (excluding diaryl/α,β-unsaturated/α-hetero) is 1. The maximum Gasteiger partial charge on any atom is 0.318 e. The van der Waals surface area contributed by atoms with Crippen LogP contribution in [0.2, 0.25) is 0 Å². The third kappa shape index (κ3) is 10.8. The molecular weight excluding hydrogens is 548 g/mol. The van der Waals surface area contributed by atoms with E-state index in [1.807, 2.05) is 60.7 Å². The van der Waals surface area contributed by atoms with Gasteiger partial charge in [-0.3, -0.25) is 14.4 Å². The Labute approximate surface area is 253 Å². The van der Waals surface area contributed by atoms with Crippen LogP contribution in [0.4, 0.5) is 4.79 Å². The number of hydrogen-bond donors (Lipinski definition) is 3. The van der Waals surface area contributed by atoms with Crippen LogP contribution in [0.5, 0.6) is 0 Å². The molecule has 1 heterocycles. The van der Waals surface area contributed by atoms with Crippen LogP contribution < -0.4 is 16.0 Å². The summed E-state index contributed by atoms with van der Waals surface area (Å²) in [6.07, 6.45) is 6.37. The highest BCUT2D eigenvalue weighted by Gasteiger charge is 2.33. The van der Waals surface area contributed by atoms with E-state index in [4.69, 9.17) is 9.47 Å². The van der Waals surface area contributed by atoms with E-state index in [-0.39, 0.29) is 25.8 Å². The molecule has 0 aromatic heterocycles. The number of morpholine rings is 1. The SMILES string of the molecule is O=C(NCCc1ccccc1)C(=O)C(COCc1ccccc1)NC(=O)[C@@H](CC1CCCCC1)NC(=O)N1CCOCC1. The monoisotopic (exact) mass is 592 g/mol. The molecule has 2 aromatic carbocycles. The number of ether oxygens (including phenoxy) is 2. The van der Waals surface area contributed by atoms with Crippen LogP contribution in [-0.2, 0) is 36.9 Å². The average Bonchev–Trinajstić information content (AvgIpc) is 3.05. The summed E-state index contributed by atoms with van der Waals surface area (Å²) in [4.78, 5) is 54.6. The Morgan fingerprint density at radius 1 is 0.837 bits per heavy atom. The zero-order valence-corrected chi connectivity index (χ0v) is 24.8. The molecule has 10 nitrogen and oxygen atoms in total. The predicted octanol–water partition coefficient (Wildman–Crippen LogP) is 3.00. The van der Waals surface area contributed by atoms with Gasteiger partial charge in [-0.2, -0.15) is 0 Å². The Hall–Kier alpha value is -3.76. The molecule has 43 heavy (non-hydrogen) atoms. The second-order valence-corrected chi connectivity index (χ2v) is 11.3. The molecule has 2 aromatic rings. The molecule has 4 rings (SSSR count). The normalized spacial score (nSPS) is 17.0. The van der Waals surface area contributed by atoms with Crippen molar-refractivity contribution >= 4 is 23.6 Å². The number of rotatable bonds is 14. The van der Waals surface area contributed by atoms with Crippen LogP contribution in [0.25, 0.3) is 0 Å². The summed E-state index contributed by atoms with van der Waals surface area (Å²) < 4.78 is 11.2. The molecule has 2 fully saturated rings. The Morgan fingerprint density at radius 2 is 1.49 bits per heavy atom. The maximum atomic E-state index is 13.7. The fraction of sp³-hybridized carbons (Fsp3) is 0.515. The van der Waals surface area contributed by atoms with Crippen LogP contribution in [-0.4, -0.2) is 80.1 Å². The van der Waals surface area contributed by atoms with Gasteiger partial charge in [0, 0.05) is 19.6 Å². The van der Waals surface area contributed by atoms with Gasteiger partial charge in [-0.25, -0.2) is 4.79 Å². The zero-order chi connectivity index (χ0) is 30.3. The van der Waals surface area contributed by atoms with Gasteiger partial charge in [-0.15, -0.1) is 0 Å². The molecule has 3 N–H and O–H groups in total. The summed E-state index contributed by atoms with van der Waals surface area (Å²) in [5.74, 6) is -1.78. The number of nitrogens with zero attached hydrogens (tertiary/aromatic N) is 1. The van der Waals surface area contributed by atoms with Crippen molar-refractivity contribution in [1.29, 1.82) is 0 Å². The van der Waals surface area contributed by atoms with Crippen LogP contribution >= 0.6 is 0 Å². The van der Waals surface area contributed by atoms with Crippen molar-refractivity contribution in [2.75, 3.05) is 39.5 Å². The van der Waals surface area contributed by atoms with Crippen molar-refractivity contribution in [3.8, 4) is 0 Å². The van der Waals surface area contributed by atoms with Crippen molar-refractivity contribution in [2.24, 2.45) is 5.92 Å². The van der Waals surface area contributed by atoms with Crippen molar-refractivity contribution in [1.82, 2.24) is 20.9 Å². The second-order valence-electron chi connectivity index (χ2n) is 11.3. The highest BCUT2D eigenvalue weighted by atomic mass is 16.5. The Balaban J connectivity index is 1.42. The van der Waals surface area contributed by atoms with Gasteiger partial charge >= 0.3 is 6.03 Å². The first-order valence-electron chi connectivity index (χ1n) is 15.4. The Bertz CT molecular complexity index is 1170.